The van der Waals surface area contributed by atoms with Crippen molar-refractivity contribution in [3.63, 3.8) is 0 Å². The van der Waals surface area contributed by atoms with Gasteiger partial charge >= 0.3 is 0 Å². The molecular formula is C13H14BrNO. The Balaban J connectivity index is 2.56. The van der Waals surface area contributed by atoms with Gasteiger partial charge in [-0.05, 0) is 36.6 Å². The van der Waals surface area contributed by atoms with Gasteiger partial charge < -0.3 is 4.98 Å². The number of carbonyl (C=O) groups excluding carboxylic acids is 1. The first kappa shape index (κ1) is 11.4. The molecule has 0 aliphatic heterocycles. The number of aromatic amines is 1. The van der Waals surface area contributed by atoms with Gasteiger partial charge in [0.2, 0.25) is 0 Å². The SMILES string of the molecule is CCCCc1c(C=O)[nH]c2ccc(Br)cc12. The van der Waals surface area contributed by atoms with Gasteiger partial charge in [0.15, 0.2) is 6.29 Å². The summed E-state index contributed by atoms with van der Waals surface area (Å²) in [4.78, 5) is 14.2. The van der Waals surface area contributed by atoms with Crippen LogP contribution in [0.2, 0.25) is 0 Å². The molecule has 2 rings (SSSR count). The lowest BCUT2D eigenvalue weighted by atomic mass is 10.0. The molecule has 84 valence electrons. The van der Waals surface area contributed by atoms with Gasteiger partial charge in [0.25, 0.3) is 0 Å². The predicted molar refractivity (Wildman–Crippen MR) is 70.0 cm³/mol. The maximum atomic E-state index is 11.0. The van der Waals surface area contributed by atoms with E-state index in [-0.39, 0.29) is 0 Å². The van der Waals surface area contributed by atoms with E-state index in [9.17, 15) is 4.79 Å². The number of carbonyl (C=O) groups is 1. The van der Waals surface area contributed by atoms with E-state index < -0.39 is 0 Å². The van der Waals surface area contributed by atoms with Crippen LogP contribution in [0.15, 0.2) is 22.7 Å². The highest BCUT2D eigenvalue weighted by Crippen LogP contribution is 2.26. The molecule has 0 atom stereocenters. The molecule has 0 fully saturated rings. The molecule has 0 saturated heterocycles. The Hall–Kier alpha value is -1.09. The first-order valence-corrected chi connectivity index (χ1v) is 6.31. The van der Waals surface area contributed by atoms with Crippen LogP contribution < -0.4 is 0 Å². The summed E-state index contributed by atoms with van der Waals surface area (Å²) in [7, 11) is 0. The van der Waals surface area contributed by atoms with Crippen LogP contribution in [0.3, 0.4) is 0 Å². The maximum absolute atomic E-state index is 11.0. The normalized spacial score (nSPS) is 10.9. The molecule has 0 radical (unpaired) electrons. The minimum atomic E-state index is 0.724. The fourth-order valence-corrected chi connectivity index (χ4v) is 2.33. The van der Waals surface area contributed by atoms with E-state index >= 15 is 0 Å². The van der Waals surface area contributed by atoms with Gasteiger partial charge in [0.1, 0.15) is 0 Å². The molecule has 16 heavy (non-hydrogen) atoms. The Morgan fingerprint density at radius 2 is 2.25 bits per heavy atom. The molecule has 0 unspecified atom stereocenters. The van der Waals surface area contributed by atoms with Crippen molar-refractivity contribution in [2.45, 2.75) is 26.2 Å². The van der Waals surface area contributed by atoms with Crippen molar-refractivity contribution < 1.29 is 4.79 Å². The number of rotatable bonds is 4. The smallest absolute Gasteiger partial charge is 0.166 e. The molecule has 0 saturated carbocycles. The minimum Gasteiger partial charge on any atom is -0.352 e. The number of halogens is 1. The lowest BCUT2D eigenvalue weighted by Crippen LogP contribution is -1.89. The van der Waals surface area contributed by atoms with Gasteiger partial charge in [-0.3, -0.25) is 4.79 Å². The lowest BCUT2D eigenvalue weighted by molar-refractivity contribution is 0.111. The van der Waals surface area contributed by atoms with Gasteiger partial charge in [-0.15, -0.1) is 0 Å². The zero-order chi connectivity index (χ0) is 11.5. The Labute approximate surface area is 103 Å². The third-order valence-electron chi connectivity index (χ3n) is 2.80. The molecule has 0 aliphatic rings. The molecule has 0 amide bonds. The van der Waals surface area contributed by atoms with Crippen LogP contribution in [0.25, 0.3) is 10.9 Å². The summed E-state index contributed by atoms with van der Waals surface area (Å²) >= 11 is 3.46. The second kappa shape index (κ2) is 4.83. The highest BCUT2D eigenvalue weighted by Gasteiger charge is 2.10. The number of H-pyrrole nitrogens is 1. The van der Waals surface area contributed by atoms with Crippen LogP contribution in [0, 0.1) is 0 Å². The number of benzene rings is 1. The van der Waals surface area contributed by atoms with Crippen LogP contribution >= 0.6 is 15.9 Å². The fraction of sp³-hybridized carbons (Fsp3) is 0.308. The molecule has 2 aromatic rings. The molecule has 1 aromatic carbocycles. The first-order chi connectivity index (χ1) is 7.76. The monoisotopic (exact) mass is 279 g/mol. The fourth-order valence-electron chi connectivity index (χ4n) is 1.96. The van der Waals surface area contributed by atoms with E-state index in [1.807, 2.05) is 12.1 Å². The minimum absolute atomic E-state index is 0.724. The number of aromatic nitrogens is 1. The van der Waals surface area contributed by atoms with E-state index in [1.54, 1.807) is 0 Å². The van der Waals surface area contributed by atoms with Crippen LogP contribution in [0.5, 0.6) is 0 Å². The predicted octanol–water partition coefficient (Wildman–Crippen LogP) is 4.09. The van der Waals surface area contributed by atoms with Crippen LogP contribution in [0.1, 0.15) is 35.8 Å². The highest BCUT2D eigenvalue weighted by molar-refractivity contribution is 9.10. The average molecular weight is 280 g/mol. The standard InChI is InChI=1S/C13H14BrNO/c1-2-3-4-10-11-7-9(14)5-6-12(11)15-13(10)8-16/h5-8,15H,2-4H2,1H3. The zero-order valence-corrected chi connectivity index (χ0v) is 10.8. The van der Waals surface area contributed by atoms with E-state index in [1.165, 1.54) is 0 Å². The Morgan fingerprint density at radius 1 is 1.44 bits per heavy atom. The zero-order valence-electron chi connectivity index (χ0n) is 9.22. The van der Waals surface area contributed by atoms with Crippen LogP contribution in [-0.4, -0.2) is 11.3 Å². The maximum Gasteiger partial charge on any atom is 0.166 e. The average Bonchev–Trinajstić information content (AvgIpc) is 2.63. The van der Waals surface area contributed by atoms with E-state index in [4.69, 9.17) is 0 Å². The summed E-state index contributed by atoms with van der Waals surface area (Å²) in [6.45, 7) is 2.16. The Morgan fingerprint density at radius 3 is 2.94 bits per heavy atom. The molecule has 0 spiro atoms. The lowest BCUT2D eigenvalue weighted by Gasteiger charge is -1.99. The molecule has 1 heterocycles. The van der Waals surface area contributed by atoms with Gasteiger partial charge in [0, 0.05) is 15.4 Å². The Bertz CT molecular complexity index is 516. The van der Waals surface area contributed by atoms with E-state index in [2.05, 4.69) is 33.9 Å². The van der Waals surface area contributed by atoms with Gasteiger partial charge in [-0.1, -0.05) is 29.3 Å². The van der Waals surface area contributed by atoms with Crippen molar-refractivity contribution in [1.29, 1.82) is 0 Å². The van der Waals surface area contributed by atoms with Crippen molar-refractivity contribution in [1.82, 2.24) is 4.98 Å². The van der Waals surface area contributed by atoms with Crippen LogP contribution in [0.4, 0.5) is 0 Å². The number of aryl methyl sites for hydroxylation is 1. The van der Waals surface area contributed by atoms with Crippen molar-refractivity contribution in [3.05, 3.63) is 33.9 Å². The number of hydrogen-bond acceptors (Lipinski definition) is 1. The molecule has 1 aromatic heterocycles. The number of unbranched alkanes of at least 4 members (excludes halogenated alkanes) is 1. The largest absolute Gasteiger partial charge is 0.352 e. The summed E-state index contributed by atoms with van der Waals surface area (Å²) in [5, 5.41) is 1.16. The molecule has 0 aliphatic carbocycles. The second-order valence-corrected chi connectivity index (χ2v) is 4.84. The van der Waals surface area contributed by atoms with Crippen LogP contribution in [-0.2, 0) is 6.42 Å². The number of fused-ring (bicyclic) bond motifs is 1. The molecular weight excluding hydrogens is 266 g/mol. The van der Waals surface area contributed by atoms with Crippen molar-refractivity contribution in [2.75, 3.05) is 0 Å². The van der Waals surface area contributed by atoms with Crippen molar-refractivity contribution in [2.24, 2.45) is 0 Å². The highest BCUT2D eigenvalue weighted by atomic mass is 79.9. The summed E-state index contributed by atoms with van der Waals surface area (Å²) in [5.74, 6) is 0. The van der Waals surface area contributed by atoms with Gasteiger partial charge in [-0.2, -0.15) is 0 Å². The summed E-state index contributed by atoms with van der Waals surface area (Å²) in [6, 6.07) is 6.06. The Kier molecular flexibility index (Phi) is 3.44. The second-order valence-electron chi connectivity index (χ2n) is 3.93. The van der Waals surface area contributed by atoms with Gasteiger partial charge in [0.05, 0.1) is 5.69 Å². The third-order valence-corrected chi connectivity index (χ3v) is 3.29. The van der Waals surface area contributed by atoms with E-state index in [0.29, 0.717) is 0 Å². The van der Waals surface area contributed by atoms with E-state index in [0.717, 1.165) is 52.2 Å². The number of aldehydes is 1. The van der Waals surface area contributed by atoms with Crippen molar-refractivity contribution >= 4 is 33.1 Å². The number of nitrogens with one attached hydrogen (secondary N) is 1. The first-order valence-electron chi connectivity index (χ1n) is 5.51. The molecule has 2 nitrogen and oxygen atoms in total. The topological polar surface area (TPSA) is 32.9 Å². The summed E-state index contributed by atoms with van der Waals surface area (Å²) in [5.41, 5.74) is 2.91. The quantitative estimate of drug-likeness (QED) is 0.841. The summed E-state index contributed by atoms with van der Waals surface area (Å²) < 4.78 is 1.05. The number of hydrogen-bond donors (Lipinski definition) is 1. The van der Waals surface area contributed by atoms with Gasteiger partial charge in [-0.25, -0.2) is 0 Å². The molecule has 1 N–H and O–H groups in total. The molecule has 0 bridgehead atoms. The summed E-state index contributed by atoms with van der Waals surface area (Å²) in [6.07, 6.45) is 4.12. The molecule has 3 heteroatoms. The van der Waals surface area contributed by atoms with Crippen molar-refractivity contribution in [3.8, 4) is 0 Å². The third kappa shape index (κ3) is 2.05.